The monoisotopic (exact) mass is 455 g/mol. The topological polar surface area (TPSA) is 94.2 Å². The number of hydrogen-bond acceptors (Lipinski definition) is 6. The average Bonchev–Trinajstić information content (AvgIpc) is 3.42. The Balaban J connectivity index is 1.56. The van der Waals surface area contributed by atoms with Crippen molar-refractivity contribution in [1.82, 2.24) is 14.5 Å². The number of nitro benzene ring substituents is 1. The molecule has 0 aliphatic carbocycles. The number of aromatic nitrogens is 3. The van der Waals surface area contributed by atoms with Crippen LogP contribution in [0.5, 0.6) is 0 Å². The van der Waals surface area contributed by atoms with Crippen molar-refractivity contribution in [2.24, 2.45) is 0 Å². The highest BCUT2D eigenvalue weighted by atomic mass is 35.5. The fourth-order valence-electron chi connectivity index (χ4n) is 3.18. The zero-order valence-electron chi connectivity index (χ0n) is 16.3. The molecule has 1 amide bonds. The Bertz CT molecular complexity index is 1210. The standard InChI is InChI=1S/C21H18ClN5O3S/c22-17-3-1-4-18-20(17)24-21(31-18)26(11-2-10-25-12-9-23-14-25)19(28)13-15-5-7-16(8-6-15)27(29)30/h1,3-9,12,14H,2,10-11,13H2. The number of carbonyl (C=O) groups is 1. The largest absolute Gasteiger partial charge is 0.337 e. The molecule has 0 fully saturated rings. The third-order valence-electron chi connectivity index (χ3n) is 4.75. The fraction of sp³-hybridized carbons (Fsp3) is 0.190. The molecule has 0 saturated carbocycles. The Hall–Kier alpha value is -3.30. The molecule has 2 heterocycles. The third kappa shape index (κ3) is 4.89. The quantitative estimate of drug-likeness (QED) is 0.283. The van der Waals surface area contributed by atoms with Crippen molar-refractivity contribution in [2.45, 2.75) is 19.4 Å². The molecule has 0 unspecified atom stereocenters. The summed E-state index contributed by atoms with van der Waals surface area (Å²) in [6.45, 7) is 1.19. The number of non-ortho nitro benzene ring substituents is 1. The van der Waals surface area contributed by atoms with Crippen LogP contribution in [0.1, 0.15) is 12.0 Å². The summed E-state index contributed by atoms with van der Waals surface area (Å²) in [6.07, 6.45) is 6.16. The van der Waals surface area contributed by atoms with E-state index in [-0.39, 0.29) is 18.0 Å². The van der Waals surface area contributed by atoms with Gasteiger partial charge in [0.25, 0.3) is 5.69 Å². The van der Waals surface area contributed by atoms with Gasteiger partial charge >= 0.3 is 0 Å². The van der Waals surface area contributed by atoms with E-state index < -0.39 is 4.92 Å². The van der Waals surface area contributed by atoms with Crippen LogP contribution < -0.4 is 4.90 Å². The number of nitrogens with zero attached hydrogens (tertiary/aromatic N) is 5. The van der Waals surface area contributed by atoms with Crippen LogP contribution in [0.3, 0.4) is 0 Å². The van der Waals surface area contributed by atoms with Crippen LogP contribution in [0.2, 0.25) is 5.02 Å². The highest BCUT2D eigenvalue weighted by molar-refractivity contribution is 7.22. The number of halogens is 1. The van der Waals surface area contributed by atoms with E-state index in [9.17, 15) is 14.9 Å². The normalized spacial score (nSPS) is 11.0. The predicted molar refractivity (Wildman–Crippen MR) is 121 cm³/mol. The van der Waals surface area contributed by atoms with Gasteiger partial charge in [-0.1, -0.05) is 41.1 Å². The molecule has 0 saturated heterocycles. The van der Waals surface area contributed by atoms with Crippen LogP contribution in [0.25, 0.3) is 10.2 Å². The molecular formula is C21H18ClN5O3S. The van der Waals surface area contributed by atoms with Gasteiger partial charge in [-0.3, -0.25) is 19.8 Å². The number of amides is 1. The summed E-state index contributed by atoms with van der Waals surface area (Å²) in [6, 6.07) is 11.6. The first kappa shape index (κ1) is 21.0. The first-order chi connectivity index (χ1) is 15.0. The van der Waals surface area contributed by atoms with Gasteiger partial charge < -0.3 is 4.57 Å². The lowest BCUT2D eigenvalue weighted by molar-refractivity contribution is -0.384. The van der Waals surface area contributed by atoms with E-state index in [1.807, 2.05) is 22.9 Å². The molecule has 2 aromatic heterocycles. The van der Waals surface area contributed by atoms with E-state index in [4.69, 9.17) is 11.6 Å². The highest BCUT2D eigenvalue weighted by Gasteiger charge is 2.21. The summed E-state index contributed by atoms with van der Waals surface area (Å²) in [5, 5.41) is 12.0. The molecule has 4 rings (SSSR count). The Morgan fingerprint density at radius 2 is 2.03 bits per heavy atom. The van der Waals surface area contributed by atoms with Crippen LogP contribution >= 0.6 is 22.9 Å². The van der Waals surface area contributed by atoms with Crippen LogP contribution in [0.15, 0.2) is 61.2 Å². The number of rotatable bonds is 8. The molecule has 0 aliphatic heterocycles. The molecule has 10 heteroatoms. The molecule has 0 bridgehead atoms. The van der Waals surface area contributed by atoms with Crippen molar-refractivity contribution in [3.8, 4) is 0 Å². The van der Waals surface area contributed by atoms with Crippen molar-refractivity contribution in [2.75, 3.05) is 11.4 Å². The van der Waals surface area contributed by atoms with Gasteiger partial charge in [-0.25, -0.2) is 9.97 Å². The Morgan fingerprint density at radius 3 is 2.71 bits per heavy atom. The minimum absolute atomic E-state index is 0.00537. The summed E-state index contributed by atoms with van der Waals surface area (Å²) in [5.74, 6) is -0.130. The Kier molecular flexibility index (Phi) is 6.24. The van der Waals surface area contributed by atoms with Crippen molar-refractivity contribution in [1.29, 1.82) is 0 Å². The SMILES string of the molecule is O=C(Cc1ccc([N+](=O)[O-])cc1)N(CCCn1ccnc1)c1nc2c(Cl)cccc2s1. The maximum Gasteiger partial charge on any atom is 0.269 e. The van der Waals surface area contributed by atoms with E-state index in [0.29, 0.717) is 40.7 Å². The number of benzene rings is 2. The summed E-state index contributed by atoms with van der Waals surface area (Å²) in [5.41, 5.74) is 1.37. The van der Waals surface area contributed by atoms with Crippen LogP contribution in [-0.4, -0.2) is 31.9 Å². The molecule has 2 aromatic carbocycles. The van der Waals surface area contributed by atoms with E-state index in [2.05, 4.69) is 9.97 Å². The van der Waals surface area contributed by atoms with E-state index >= 15 is 0 Å². The second-order valence-electron chi connectivity index (χ2n) is 6.88. The first-order valence-corrected chi connectivity index (χ1v) is 10.8. The van der Waals surface area contributed by atoms with Crippen molar-refractivity contribution >= 4 is 49.9 Å². The third-order valence-corrected chi connectivity index (χ3v) is 6.10. The van der Waals surface area contributed by atoms with Gasteiger partial charge in [-0.15, -0.1) is 0 Å². The van der Waals surface area contributed by atoms with Crippen molar-refractivity contribution < 1.29 is 9.72 Å². The first-order valence-electron chi connectivity index (χ1n) is 9.56. The van der Waals surface area contributed by atoms with Crippen molar-refractivity contribution in [3.63, 3.8) is 0 Å². The van der Waals surface area contributed by atoms with Gasteiger partial charge in [0.2, 0.25) is 5.91 Å². The number of hydrogen-bond donors (Lipinski definition) is 0. The van der Waals surface area contributed by atoms with Gasteiger partial charge in [-0.05, 0) is 24.1 Å². The summed E-state index contributed by atoms with van der Waals surface area (Å²) < 4.78 is 2.86. The van der Waals surface area contributed by atoms with Gasteiger partial charge in [-0.2, -0.15) is 0 Å². The smallest absolute Gasteiger partial charge is 0.269 e. The Labute approximate surface area is 186 Å². The number of aryl methyl sites for hydroxylation is 1. The molecule has 158 valence electrons. The number of fused-ring (bicyclic) bond motifs is 1. The van der Waals surface area contributed by atoms with E-state index in [1.54, 1.807) is 35.6 Å². The van der Waals surface area contributed by atoms with Gasteiger partial charge in [0.15, 0.2) is 5.13 Å². The molecular weight excluding hydrogens is 438 g/mol. The zero-order chi connectivity index (χ0) is 21.8. The van der Waals surface area contributed by atoms with E-state index in [1.165, 1.54) is 23.5 Å². The number of thiazole rings is 1. The maximum absolute atomic E-state index is 13.2. The lowest BCUT2D eigenvalue weighted by Gasteiger charge is -2.20. The fourth-order valence-corrected chi connectivity index (χ4v) is 4.49. The second-order valence-corrected chi connectivity index (χ2v) is 8.30. The summed E-state index contributed by atoms with van der Waals surface area (Å²) >= 11 is 7.69. The number of anilines is 1. The Morgan fingerprint density at radius 1 is 1.23 bits per heavy atom. The number of carbonyl (C=O) groups excluding carboxylic acids is 1. The molecule has 4 aromatic rings. The zero-order valence-corrected chi connectivity index (χ0v) is 17.9. The average molecular weight is 456 g/mol. The van der Waals surface area contributed by atoms with Gasteiger partial charge in [0.05, 0.1) is 27.4 Å². The van der Waals surface area contributed by atoms with Gasteiger partial charge in [0, 0.05) is 37.6 Å². The molecule has 8 nitrogen and oxygen atoms in total. The van der Waals surface area contributed by atoms with Gasteiger partial charge in [0.1, 0.15) is 5.52 Å². The minimum Gasteiger partial charge on any atom is -0.337 e. The van der Waals surface area contributed by atoms with Crippen LogP contribution in [0, 0.1) is 10.1 Å². The second kappa shape index (κ2) is 9.23. The molecule has 0 aliphatic rings. The molecule has 0 atom stereocenters. The lowest BCUT2D eigenvalue weighted by atomic mass is 10.1. The van der Waals surface area contributed by atoms with Crippen molar-refractivity contribution in [3.05, 3.63) is 81.9 Å². The molecule has 0 radical (unpaired) electrons. The number of nitro groups is 1. The maximum atomic E-state index is 13.2. The summed E-state index contributed by atoms with van der Waals surface area (Å²) in [4.78, 5) is 33.9. The highest BCUT2D eigenvalue weighted by Crippen LogP contribution is 2.33. The summed E-state index contributed by atoms with van der Waals surface area (Å²) in [7, 11) is 0. The predicted octanol–water partition coefficient (Wildman–Crippen LogP) is 4.72. The number of para-hydroxylation sites is 1. The number of imidazole rings is 1. The molecule has 0 spiro atoms. The lowest BCUT2D eigenvalue weighted by Crippen LogP contribution is -2.33. The van der Waals surface area contributed by atoms with Crippen LogP contribution in [0.4, 0.5) is 10.8 Å². The van der Waals surface area contributed by atoms with E-state index in [0.717, 1.165) is 4.70 Å². The molecule has 0 N–H and O–H groups in total. The molecule has 31 heavy (non-hydrogen) atoms. The van der Waals surface area contributed by atoms with Crippen LogP contribution in [-0.2, 0) is 17.8 Å². The minimum atomic E-state index is -0.459.